The first-order valence-corrected chi connectivity index (χ1v) is 4.01. The van der Waals surface area contributed by atoms with Crippen LogP contribution in [0.3, 0.4) is 0 Å². The lowest BCUT2D eigenvalue weighted by atomic mass is 9.84. The average molecular weight is 163 g/mol. The van der Waals surface area contributed by atoms with Crippen molar-refractivity contribution in [1.29, 1.82) is 0 Å². The van der Waals surface area contributed by atoms with Crippen LogP contribution in [-0.2, 0) is 0 Å². The van der Waals surface area contributed by atoms with E-state index in [-0.39, 0.29) is 5.41 Å². The Labute approximate surface area is 75.2 Å². The molecule has 0 aromatic rings. The molecule has 0 aromatic heterocycles. The van der Waals surface area contributed by atoms with E-state index >= 15 is 0 Å². The van der Waals surface area contributed by atoms with Crippen molar-refractivity contribution in [3.05, 3.63) is 36.6 Å². The van der Waals surface area contributed by atoms with E-state index in [1.165, 1.54) is 0 Å². The molecule has 0 fully saturated rings. The van der Waals surface area contributed by atoms with Gasteiger partial charge in [-0.1, -0.05) is 32.1 Å². The molecule has 66 valence electrons. The second kappa shape index (κ2) is 4.70. The van der Waals surface area contributed by atoms with Gasteiger partial charge in [0.1, 0.15) is 0 Å². The molecular formula is C11H17N. The molecule has 1 nitrogen and oxygen atoms in total. The van der Waals surface area contributed by atoms with Crippen LogP contribution in [0.25, 0.3) is 0 Å². The van der Waals surface area contributed by atoms with Crippen molar-refractivity contribution in [2.24, 2.45) is 10.4 Å². The second-order valence-corrected chi connectivity index (χ2v) is 3.19. The quantitative estimate of drug-likeness (QED) is 0.342. The molecule has 0 saturated heterocycles. The molecule has 0 spiro atoms. The van der Waals surface area contributed by atoms with Gasteiger partial charge in [0.05, 0.1) is 0 Å². The van der Waals surface area contributed by atoms with Gasteiger partial charge in [0.25, 0.3) is 0 Å². The third-order valence-electron chi connectivity index (χ3n) is 1.83. The average Bonchev–Trinajstić information content (AvgIpc) is 2.04. The van der Waals surface area contributed by atoms with Crippen LogP contribution in [0.1, 0.15) is 20.8 Å². The van der Waals surface area contributed by atoms with Crippen molar-refractivity contribution in [1.82, 2.24) is 0 Å². The summed E-state index contributed by atoms with van der Waals surface area (Å²) in [6.45, 7) is 13.4. The van der Waals surface area contributed by atoms with Gasteiger partial charge in [-0.2, -0.15) is 0 Å². The molecule has 0 heterocycles. The van der Waals surface area contributed by atoms with Crippen LogP contribution in [0.5, 0.6) is 0 Å². The maximum Gasteiger partial charge on any atom is 0.0301 e. The van der Waals surface area contributed by atoms with Gasteiger partial charge in [0.2, 0.25) is 0 Å². The Kier molecular flexibility index (Phi) is 4.27. The summed E-state index contributed by atoms with van der Waals surface area (Å²) in [7, 11) is 0. The number of hydrogen-bond acceptors (Lipinski definition) is 1. The van der Waals surface area contributed by atoms with Crippen molar-refractivity contribution in [2.75, 3.05) is 0 Å². The first-order valence-electron chi connectivity index (χ1n) is 4.01. The van der Waals surface area contributed by atoms with Gasteiger partial charge in [-0.3, -0.25) is 4.99 Å². The molecule has 0 aliphatic heterocycles. The third-order valence-corrected chi connectivity index (χ3v) is 1.83. The highest BCUT2D eigenvalue weighted by Gasteiger charge is 2.16. The normalized spacial score (nSPS) is 13.4. The van der Waals surface area contributed by atoms with Crippen LogP contribution in [0, 0.1) is 5.41 Å². The van der Waals surface area contributed by atoms with E-state index in [0.717, 1.165) is 5.57 Å². The smallest absolute Gasteiger partial charge is 0.0301 e. The molecule has 0 bridgehead atoms. The molecular weight excluding hydrogens is 146 g/mol. The van der Waals surface area contributed by atoms with Crippen molar-refractivity contribution in [2.45, 2.75) is 20.8 Å². The molecule has 0 rings (SSSR count). The van der Waals surface area contributed by atoms with E-state index in [1.54, 1.807) is 6.20 Å². The molecule has 0 amide bonds. The summed E-state index contributed by atoms with van der Waals surface area (Å²) in [5.41, 5.74) is 1.09. The predicted octanol–water partition coefficient (Wildman–Crippen LogP) is 3.36. The minimum Gasteiger partial charge on any atom is -0.272 e. The molecule has 0 aromatic carbocycles. The van der Waals surface area contributed by atoms with E-state index < -0.39 is 0 Å². The van der Waals surface area contributed by atoms with Crippen LogP contribution >= 0.6 is 0 Å². The zero-order valence-electron chi connectivity index (χ0n) is 8.17. The molecule has 12 heavy (non-hydrogen) atoms. The van der Waals surface area contributed by atoms with Gasteiger partial charge >= 0.3 is 0 Å². The number of nitrogens with zero attached hydrogens (tertiary/aromatic N) is 1. The van der Waals surface area contributed by atoms with Crippen LogP contribution in [0.2, 0.25) is 0 Å². The molecule has 0 unspecified atom stereocenters. The zero-order valence-corrected chi connectivity index (χ0v) is 8.17. The monoisotopic (exact) mass is 163 g/mol. The van der Waals surface area contributed by atoms with Crippen molar-refractivity contribution < 1.29 is 0 Å². The Bertz CT molecular complexity index is 219. The molecule has 0 atom stereocenters. The SMILES string of the molecule is C=CC(C)(C)C(/C=C/C)=C/N=C. The van der Waals surface area contributed by atoms with E-state index in [9.17, 15) is 0 Å². The summed E-state index contributed by atoms with van der Waals surface area (Å²) in [4.78, 5) is 3.76. The number of aliphatic imine (C=N–C) groups is 1. The fourth-order valence-electron chi connectivity index (χ4n) is 0.820. The summed E-state index contributed by atoms with van der Waals surface area (Å²) in [5.74, 6) is 0. The third kappa shape index (κ3) is 2.87. The zero-order chi connectivity index (χ0) is 9.61. The topological polar surface area (TPSA) is 12.4 Å². The highest BCUT2D eigenvalue weighted by molar-refractivity contribution is 5.33. The highest BCUT2D eigenvalue weighted by atomic mass is 14.6. The van der Waals surface area contributed by atoms with Gasteiger partial charge in [-0.05, 0) is 19.2 Å². The van der Waals surface area contributed by atoms with E-state index in [0.29, 0.717) is 0 Å². The molecule has 0 aliphatic rings. The minimum absolute atomic E-state index is 0.0340. The Morgan fingerprint density at radius 2 is 2.00 bits per heavy atom. The molecule has 0 saturated carbocycles. The molecule has 0 radical (unpaired) electrons. The Morgan fingerprint density at radius 3 is 2.33 bits per heavy atom. The maximum absolute atomic E-state index is 3.78. The maximum atomic E-state index is 3.78. The first-order chi connectivity index (χ1) is 5.58. The predicted molar refractivity (Wildman–Crippen MR) is 56.4 cm³/mol. The van der Waals surface area contributed by atoms with Crippen molar-refractivity contribution >= 4 is 6.72 Å². The van der Waals surface area contributed by atoms with Gasteiger partial charge < -0.3 is 0 Å². The standard InChI is InChI=1S/C11H17N/c1-6-8-10(9-12-5)11(3,4)7-2/h6-9H,2,5H2,1,3-4H3/b8-6+,10-9+. The number of allylic oxidation sites excluding steroid dienone is 4. The Balaban J connectivity index is 4.85. The fourth-order valence-corrected chi connectivity index (χ4v) is 0.820. The summed E-state index contributed by atoms with van der Waals surface area (Å²) in [6, 6.07) is 0. The van der Waals surface area contributed by atoms with Crippen LogP contribution < -0.4 is 0 Å². The first kappa shape index (κ1) is 10.9. The summed E-state index contributed by atoms with van der Waals surface area (Å²) in [6.07, 6.45) is 7.68. The highest BCUT2D eigenvalue weighted by Crippen LogP contribution is 2.28. The minimum atomic E-state index is -0.0340. The lowest BCUT2D eigenvalue weighted by molar-refractivity contribution is 0.595. The van der Waals surface area contributed by atoms with Crippen LogP contribution in [-0.4, -0.2) is 6.72 Å². The van der Waals surface area contributed by atoms with E-state index in [1.807, 2.05) is 25.2 Å². The summed E-state index contributed by atoms with van der Waals surface area (Å²) >= 11 is 0. The van der Waals surface area contributed by atoms with Crippen molar-refractivity contribution in [3.63, 3.8) is 0 Å². The van der Waals surface area contributed by atoms with E-state index in [2.05, 4.69) is 32.1 Å². The lowest BCUT2D eigenvalue weighted by Gasteiger charge is -2.20. The van der Waals surface area contributed by atoms with Crippen molar-refractivity contribution in [3.8, 4) is 0 Å². The second-order valence-electron chi connectivity index (χ2n) is 3.19. The number of rotatable bonds is 4. The molecule has 0 N–H and O–H groups in total. The van der Waals surface area contributed by atoms with Gasteiger partial charge in [-0.15, -0.1) is 6.58 Å². The summed E-state index contributed by atoms with van der Waals surface area (Å²) < 4.78 is 0. The van der Waals surface area contributed by atoms with Crippen LogP contribution in [0.4, 0.5) is 0 Å². The molecule has 0 aliphatic carbocycles. The Hall–Kier alpha value is -1.11. The lowest BCUT2D eigenvalue weighted by Crippen LogP contribution is -2.08. The van der Waals surface area contributed by atoms with Gasteiger partial charge in [0, 0.05) is 11.6 Å². The largest absolute Gasteiger partial charge is 0.272 e. The Morgan fingerprint density at radius 1 is 1.42 bits per heavy atom. The summed E-state index contributed by atoms with van der Waals surface area (Å²) in [5, 5.41) is 0. The van der Waals surface area contributed by atoms with Crippen LogP contribution in [0.15, 0.2) is 41.6 Å². The van der Waals surface area contributed by atoms with E-state index in [4.69, 9.17) is 0 Å². The number of hydrogen-bond donors (Lipinski definition) is 0. The molecule has 1 heteroatoms. The fraction of sp³-hybridized carbons (Fsp3) is 0.364. The van der Waals surface area contributed by atoms with Gasteiger partial charge in [-0.25, -0.2) is 0 Å². The van der Waals surface area contributed by atoms with Gasteiger partial charge in [0.15, 0.2) is 0 Å².